The Bertz CT molecular complexity index is 710. The smallest absolute Gasteiger partial charge is 0.280 e. The zero-order chi connectivity index (χ0) is 12.0. The first-order valence-corrected chi connectivity index (χ1v) is 6.67. The third kappa shape index (κ3) is 1.37. The van der Waals surface area contributed by atoms with E-state index >= 15 is 0 Å². The number of aryl methyl sites for hydroxylation is 1. The van der Waals surface area contributed by atoms with Crippen LogP contribution in [0.2, 0.25) is 0 Å². The largest absolute Gasteiger partial charge is 0.332 e. The summed E-state index contributed by atoms with van der Waals surface area (Å²) in [6, 6.07) is 0. The van der Waals surface area contributed by atoms with Gasteiger partial charge in [0.2, 0.25) is 0 Å². The lowest BCUT2D eigenvalue weighted by Gasteiger charge is -2.02. The van der Waals surface area contributed by atoms with Crippen LogP contribution in [0.5, 0.6) is 0 Å². The number of aromatic nitrogens is 3. The maximum absolute atomic E-state index is 11.9. The van der Waals surface area contributed by atoms with Gasteiger partial charge in [0.25, 0.3) is 5.56 Å². The van der Waals surface area contributed by atoms with Gasteiger partial charge in [-0.1, -0.05) is 0 Å². The van der Waals surface area contributed by atoms with E-state index in [4.69, 9.17) is 0 Å². The maximum atomic E-state index is 11.9. The standard InChI is InChI=1S/C8H9N3O3S2/c1-10-5-4(6(12)11(2)8(10)13)7(15-9-5)16(3)14/h1-3H3/t16-/m0/s1. The zero-order valence-corrected chi connectivity index (χ0v) is 10.5. The van der Waals surface area contributed by atoms with Crippen molar-refractivity contribution in [2.45, 2.75) is 4.21 Å². The molecule has 2 heterocycles. The fourth-order valence-corrected chi connectivity index (χ4v) is 3.10. The van der Waals surface area contributed by atoms with Gasteiger partial charge in [0.15, 0.2) is 5.65 Å². The third-order valence-electron chi connectivity index (χ3n) is 2.31. The Labute approximate surface area is 96.8 Å². The van der Waals surface area contributed by atoms with Crippen LogP contribution in [0.15, 0.2) is 13.8 Å². The van der Waals surface area contributed by atoms with E-state index in [1.54, 1.807) is 0 Å². The first-order valence-electron chi connectivity index (χ1n) is 4.34. The van der Waals surface area contributed by atoms with Gasteiger partial charge in [0, 0.05) is 20.4 Å². The molecule has 0 fully saturated rings. The van der Waals surface area contributed by atoms with Crippen molar-refractivity contribution in [1.29, 1.82) is 0 Å². The molecule has 2 aromatic heterocycles. The van der Waals surface area contributed by atoms with E-state index in [9.17, 15) is 13.8 Å². The molecule has 0 unspecified atom stereocenters. The molecular formula is C8H9N3O3S2. The van der Waals surface area contributed by atoms with E-state index in [1.807, 2.05) is 0 Å². The highest BCUT2D eigenvalue weighted by Crippen LogP contribution is 2.20. The molecule has 0 saturated carbocycles. The summed E-state index contributed by atoms with van der Waals surface area (Å²) < 4.78 is 18.1. The molecule has 0 aliphatic carbocycles. The van der Waals surface area contributed by atoms with Gasteiger partial charge in [-0.15, -0.1) is 0 Å². The highest BCUT2D eigenvalue weighted by atomic mass is 32.2. The number of rotatable bonds is 1. The summed E-state index contributed by atoms with van der Waals surface area (Å²) in [6.45, 7) is 0. The van der Waals surface area contributed by atoms with Gasteiger partial charge in [-0.2, -0.15) is 4.37 Å². The lowest BCUT2D eigenvalue weighted by Crippen LogP contribution is -2.37. The van der Waals surface area contributed by atoms with Crippen molar-refractivity contribution in [2.75, 3.05) is 6.26 Å². The van der Waals surface area contributed by atoms with Crippen LogP contribution in [-0.4, -0.2) is 24.0 Å². The molecule has 0 radical (unpaired) electrons. The van der Waals surface area contributed by atoms with Gasteiger partial charge in [-0.05, 0) is 11.5 Å². The molecule has 16 heavy (non-hydrogen) atoms. The van der Waals surface area contributed by atoms with Crippen molar-refractivity contribution < 1.29 is 4.21 Å². The summed E-state index contributed by atoms with van der Waals surface area (Å²) in [5.74, 6) is 0. The molecule has 0 bridgehead atoms. The fraction of sp³-hybridized carbons (Fsp3) is 0.375. The SMILES string of the molecule is Cn1c(=O)c2c([S@](C)=O)snc2n(C)c1=O. The summed E-state index contributed by atoms with van der Waals surface area (Å²) in [5, 5.41) is 0.274. The Morgan fingerprint density at radius 2 is 1.88 bits per heavy atom. The second-order valence-corrected chi connectivity index (χ2v) is 5.68. The summed E-state index contributed by atoms with van der Waals surface area (Å²) in [5.41, 5.74) is -0.586. The van der Waals surface area contributed by atoms with E-state index in [0.717, 1.165) is 16.1 Å². The Morgan fingerprint density at radius 1 is 1.25 bits per heavy atom. The molecule has 8 heteroatoms. The predicted molar refractivity (Wildman–Crippen MR) is 62.4 cm³/mol. The predicted octanol–water partition coefficient (Wildman–Crippen LogP) is -0.569. The van der Waals surface area contributed by atoms with Crippen LogP contribution in [0.3, 0.4) is 0 Å². The van der Waals surface area contributed by atoms with Crippen LogP contribution in [0.1, 0.15) is 0 Å². The van der Waals surface area contributed by atoms with Gasteiger partial charge in [-0.3, -0.25) is 18.1 Å². The Balaban J connectivity index is 3.13. The Morgan fingerprint density at radius 3 is 2.44 bits per heavy atom. The first-order chi connectivity index (χ1) is 7.45. The van der Waals surface area contributed by atoms with Gasteiger partial charge in [0.05, 0.1) is 10.8 Å². The number of hydrogen-bond donors (Lipinski definition) is 0. The molecule has 0 aromatic carbocycles. The molecule has 0 saturated heterocycles. The van der Waals surface area contributed by atoms with Crippen molar-refractivity contribution in [3.8, 4) is 0 Å². The molecule has 0 N–H and O–H groups in total. The molecule has 0 amide bonds. The lowest BCUT2D eigenvalue weighted by atomic mass is 10.4. The number of nitrogens with zero attached hydrogens (tertiary/aromatic N) is 3. The molecule has 0 aliphatic rings. The van der Waals surface area contributed by atoms with Crippen molar-refractivity contribution in [1.82, 2.24) is 13.5 Å². The second-order valence-electron chi connectivity index (χ2n) is 3.33. The molecule has 0 spiro atoms. The normalized spacial score (nSPS) is 13.2. The van der Waals surface area contributed by atoms with Crippen LogP contribution < -0.4 is 11.2 Å². The minimum Gasteiger partial charge on any atom is -0.280 e. The molecule has 2 aromatic rings. The van der Waals surface area contributed by atoms with Crippen molar-refractivity contribution in [3.05, 3.63) is 20.8 Å². The van der Waals surface area contributed by atoms with Crippen molar-refractivity contribution in [3.63, 3.8) is 0 Å². The van der Waals surface area contributed by atoms with E-state index < -0.39 is 22.0 Å². The minimum absolute atomic E-state index is 0.274. The second kappa shape index (κ2) is 3.63. The minimum atomic E-state index is -1.28. The van der Waals surface area contributed by atoms with Crippen molar-refractivity contribution in [2.24, 2.45) is 14.1 Å². The van der Waals surface area contributed by atoms with Crippen LogP contribution in [-0.2, 0) is 24.9 Å². The van der Waals surface area contributed by atoms with Gasteiger partial charge in [0.1, 0.15) is 9.60 Å². The summed E-state index contributed by atoms with van der Waals surface area (Å²) in [7, 11) is 1.65. The summed E-state index contributed by atoms with van der Waals surface area (Å²) >= 11 is 0.993. The Hall–Kier alpha value is -1.28. The highest BCUT2D eigenvalue weighted by Gasteiger charge is 2.17. The van der Waals surface area contributed by atoms with Gasteiger partial charge < -0.3 is 0 Å². The van der Waals surface area contributed by atoms with E-state index in [0.29, 0.717) is 9.86 Å². The van der Waals surface area contributed by atoms with Gasteiger partial charge >= 0.3 is 5.69 Å². The van der Waals surface area contributed by atoms with E-state index in [2.05, 4.69) is 4.37 Å². The lowest BCUT2D eigenvalue weighted by molar-refractivity contribution is 0.687. The van der Waals surface area contributed by atoms with E-state index in [1.165, 1.54) is 24.9 Å². The van der Waals surface area contributed by atoms with Crippen LogP contribution >= 0.6 is 11.5 Å². The van der Waals surface area contributed by atoms with E-state index in [-0.39, 0.29) is 5.39 Å². The van der Waals surface area contributed by atoms with Gasteiger partial charge in [-0.25, -0.2) is 4.79 Å². The maximum Gasteiger partial charge on any atom is 0.332 e. The molecular weight excluding hydrogens is 250 g/mol. The molecule has 86 valence electrons. The topological polar surface area (TPSA) is 74.0 Å². The van der Waals surface area contributed by atoms with Crippen molar-refractivity contribution >= 4 is 33.4 Å². The van der Waals surface area contributed by atoms with Crippen LogP contribution in [0, 0.1) is 0 Å². The monoisotopic (exact) mass is 259 g/mol. The average Bonchev–Trinajstić information content (AvgIpc) is 2.67. The highest BCUT2D eigenvalue weighted by molar-refractivity contribution is 7.86. The molecule has 0 aliphatic heterocycles. The number of fused-ring (bicyclic) bond motifs is 1. The molecule has 1 atom stereocenters. The fourth-order valence-electron chi connectivity index (χ4n) is 1.45. The van der Waals surface area contributed by atoms with Crippen LogP contribution in [0.25, 0.3) is 11.0 Å². The average molecular weight is 259 g/mol. The first kappa shape index (κ1) is 11.2. The Kier molecular flexibility index (Phi) is 2.55. The van der Waals surface area contributed by atoms with Crippen LogP contribution in [0.4, 0.5) is 0 Å². The molecule has 6 nitrogen and oxygen atoms in total. The third-order valence-corrected chi connectivity index (χ3v) is 4.60. The summed E-state index contributed by atoms with van der Waals surface area (Å²) in [6.07, 6.45) is 1.48. The number of hydrogen-bond acceptors (Lipinski definition) is 5. The molecule has 2 rings (SSSR count). The summed E-state index contributed by atoms with van der Waals surface area (Å²) in [4.78, 5) is 23.5. The zero-order valence-electron chi connectivity index (χ0n) is 8.88. The quantitative estimate of drug-likeness (QED) is 0.687.